The second-order valence-electron chi connectivity index (χ2n) is 5.37. The molecule has 0 N–H and O–H groups in total. The molecule has 17 heavy (non-hydrogen) atoms. The lowest BCUT2D eigenvalue weighted by molar-refractivity contribution is 0.246. The Morgan fingerprint density at radius 2 is 2.00 bits per heavy atom. The number of thiol groups is 1. The van der Waals surface area contributed by atoms with Crippen LogP contribution in [0.1, 0.15) is 25.0 Å². The van der Waals surface area contributed by atoms with Crippen molar-refractivity contribution in [1.29, 1.82) is 0 Å². The summed E-state index contributed by atoms with van der Waals surface area (Å²) in [4.78, 5) is 2.40. The first-order chi connectivity index (χ1) is 8.02. The van der Waals surface area contributed by atoms with Gasteiger partial charge in [-0.15, -0.1) is 0 Å². The van der Waals surface area contributed by atoms with Crippen LogP contribution in [-0.2, 0) is 6.54 Å². The van der Waals surface area contributed by atoms with Crippen LogP contribution in [0.15, 0.2) is 24.3 Å². The van der Waals surface area contributed by atoms with Gasteiger partial charge in [-0.2, -0.15) is 12.6 Å². The van der Waals surface area contributed by atoms with E-state index < -0.39 is 0 Å². The maximum absolute atomic E-state index is 4.45. The van der Waals surface area contributed by atoms with Crippen molar-refractivity contribution in [2.45, 2.75) is 27.3 Å². The van der Waals surface area contributed by atoms with Gasteiger partial charge in [0.2, 0.25) is 0 Å². The standard InChI is InChI=1S/C15H25NS/c1-12(2)15(11-17)10-16(4)9-14-7-5-6-13(3)8-14/h5-8,12,15,17H,9-11H2,1-4H3. The Balaban J connectivity index is 2.51. The molecule has 0 aliphatic carbocycles. The Morgan fingerprint density at radius 3 is 2.53 bits per heavy atom. The summed E-state index contributed by atoms with van der Waals surface area (Å²) in [5.41, 5.74) is 2.74. The number of rotatable bonds is 6. The predicted molar refractivity (Wildman–Crippen MR) is 79.7 cm³/mol. The van der Waals surface area contributed by atoms with Crippen molar-refractivity contribution in [3.8, 4) is 0 Å². The van der Waals surface area contributed by atoms with Crippen molar-refractivity contribution in [1.82, 2.24) is 4.90 Å². The number of nitrogens with zero attached hydrogens (tertiary/aromatic N) is 1. The van der Waals surface area contributed by atoms with E-state index in [1.807, 2.05) is 0 Å². The fourth-order valence-electron chi connectivity index (χ4n) is 2.07. The molecular weight excluding hydrogens is 226 g/mol. The van der Waals surface area contributed by atoms with Crippen LogP contribution in [0.4, 0.5) is 0 Å². The molecule has 2 heteroatoms. The van der Waals surface area contributed by atoms with Crippen molar-refractivity contribution in [3.05, 3.63) is 35.4 Å². The zero-order valence-corrected chi connectivity index (χ0v) is 12.4. The molecule has 1 aromatic carbocycles. The van der Waals surface area contributed by atoms with Crippen LogP contribution in [0.25, 0.3) is 0 Å². The van der Waals surface area contributed by atoms with Crippen LogP contribution in [0, 0.1) is 18.8 Å². The van der Waals surface area contributed by atoms with Crippen molar-refractivity contribution >= 4 is 12.6 Å². The van der Waals surface area contributed by atoms with Crippen LogP contribution < -0.4 is 0 Å². The van der Waals surface area contributed by atoms with E-state index in [4.69, 9.17) is 0 Å². The van der Waals surface area contributed by atoms with Crippen LogP contribution >= 0.6 is 12.6 Å². The molecule has 0 aromatic heterocycles. The second kappa shape index (κ2) is 7.07. The van der Waals surface area contributed by atoms with Crippen molar-refractivity contribution in [2.24, 2.45) is 11.8 Å². The Morgan fingerprint density at radius 1 is 1.29 bits per heavy atom. The zero-order chi connectivity index (χ0) is 12.8. The molecular formula is C15H25NS. The molecule has 0 bridgehead atoms. The van der Waals surface area contributed by atoms with Crippen molar-refractivity contribution in [3.63, 3.8) is 0 Å². The fraction of sp³-hybridized carbons (Fsp3) is 0.600. The minimum Gasteiger partial charge on any atom is -0.302 e. The molecule has 1 nitrogen and oxygen atoms in total. The number of hydrogen-bond acceptors (Lipinski definition) is 2. The van der Waals surface area contributed by atoms with Gasteiger partial charge in [-0.05, 0) is 37.1 Å². The Kier molecular flexibility index (Phi) is 6.07. The largest absolute Gasteiger partial charge is 0.302 e. The first-order valence-corrected chi connectivity index (χ1v) is 7.01. The molecule has 0 amide bonds. The summed E-state index contributed by atoms with van der Waals surface area (Å²) >= 11 is 4.45. The molecule has 0 saturated carbocycles. The highest BCUT2D eigenvalue weighted by Crippen LogP contribution is 2.15. The van der Waals surface area contributed by atoms with Gasteiger partial charge < -0.3 is 4.90 Å². The van der Waals surface area contributed by atoms with Gasteiger partial charge in [-0.3, -0.25) is 0 Å². The third kappa shape index (κ3) is 5.13. The van der Waals surface area contributed by atoms with Gasteiger partial charge >= 0.3 is 0 Å². The molecule has 96 valence electrons. The normalized spacial score (nSPS) is 13.4. The van der Waals surface area contributed by atoms with E-state index in [-0.39, 0.29) is 0 Å². The Hall–Kier alpha value is -0.470. The molecule has 0 aliphatic heterocycles. The molecule has 1 rings (SSSR count). The monoisotopic (exact) mass is 251 g/mol. The number of hydrogen-bond donors (Lipinski definition) is 1. The van der Waals surface area contributed by atoms with Gasteiger partial charge in [-0.1, -0.05) is 43.7 Å². The Bertz CT molecular complexity index is 335. The molecule has 1 aromatic rings. The Labute approximate surface area is 112 Å². The summed E-state index contributed by atoms with van der Waals surface area (Å²) in [5, 5.41) is 0. The van der Waals surface area contributed by atoms with Gasteiger partial charge in [0.15, 0.2) is 0 Å². The van der Waals surface area contributed by atoms with Gasteiger partial charge in [0, 0.05) is 13.1 Å². The molecule has 1 atom stereocenters. The SMILES string of the molecule is Cc1cccc(CN(C)CC(CS)C(C)C)c1. The van der Waals surface area contributed by atoms with Crippen LogP contribution in [0.3, 0.4) is 0 Å². The summed E-state index contributed by atoms with van der Waals surface area (Å²) < 4.78 is 0. The van der Waals surface area contributed by atoms with E-state index in [1.54, 1.807) is 0 Å². The third-order valence-electron chi connectivity index (χ3n) is 3.26. The fourth-order valence-corrected chi connectivity index (χ4v) is 2.60. The van der Waals surface area contributed by atoms with E-state index in [9.17, 15) is 0 Å². The highest BCUT2D eigenvalue weighted by Gasteiger charge is 2.14. The maximum atomic E-state index is 4.45. The molecule has 0 spiro atoms. The summed E-state index contributed by atoms with van der Waals surface area (Å²) in [6.07, 6.45) is 0. The quantitative estimate of drug-likeness (QED) is 0.756. The number of benzene rings is 1. The maximum Gasteiger partial charge on any atom is 0.0230 e. The molecule has 0 fully saturated rings. The van der Waals surface area contributed by atoms with Gasteiger partial charge in [0.25, 0.3) is 0 Å². The lowest BCUT2D eigenvalue weighted by Gasteiger charge is -2.25. The smallest absolute Gasteiger partial charge is 0.0230 e. The highest BCUT2D eigenvalue weighted by atomic mass is 32.1. The van der Waals surface area contributed by atoms with E-state index in [1.165, 1.54) is 11.1 Å². The summed E-state index contributed by atoms with van der Waals surface area (Å²) in [7, 11) is 2.20. The zero-order valence-electron chi connectivity index (χ0n) is 11.5. The lowest BCUT2D eigenvalue weighted by atomic mass is 9.97. The van der Waals surface area contributed by atoms with Crippen LogP contribution in [-0.4, -0.2) is 24.2 Å². The van der Waals surface area contributed by atoms with Gasteiger partial charge in [0.1, 0.15) is 0 Å². The van der Waals surface area contributed by atoms with E-state index >= 15 is 0 Å². The van der Waals surface area contributed by atoms with Crippen LogP contribution in [0.5, 0.6) is 0 Å². The molecule has 0 radical (unpaired) electrons. The molecule has 0 heterocycles. The predicted octanol–water partition coefficient (Wildman–Crippen LogP) is 3.63. The van der Waals surface area contributed by atoms with E-state index in [2.05, 4.69) is 69.6 Å². The average Bonchev–Trinajstić information content (AvgIpc) is 2.25. The minimum absolute atomic E-state index is 0.674. The summed E-state index contributed by atoms with van der Waals surface area (Å²) in [6.45, 7) is 8.85. The average molecular weight is 251 g/mol. The summed E-state index contributed by atoms with van der Waals surface area (Å²) in [5.74, 6) is 2.34. The van der Waals surface area contributed by atoms with Crippen molar-refractivity contribution < 1.29 is 0 Å². The minimum atomic E-state index is 0.674. The summed E-state index contributed by atoms with van der Waals surface area (Å²) in [6, 6.07) is 8.75. The van der Waals surface area contributed by atoms with Gasteiger partial charge in [0.05, 0.1) is 0 Å². The highest BCUT2D eigenvalue weighted by molar-refractivity contribution is 7.80. The first-order valence-electron chi connectivity index (χ1n) is 6.38. The lowest BCUT2D eigenvalue weighted by Crippen LogP contribution is -2.29. The second-order valence-corrected chi connectivity index (χ2v) is 5.74. The third-order valence-corrected chi connectivity index (χ3v) is 3.73. The van der Waals surface area contributed by atoms with Crippen molar-refractivity contribution in [2.75, 3.05) is 19.3 Å². The van der Waals surface area contributed by atoms with E-state index in [0.717, 1.165) is 18.8 Å². The molecule has 1 unspecified atom stereocenters. The molecule has 0 saturated heterocycles. The number of aryl methyl sites for hydroxylation is 1. The topological polar surface area (TPSA) is 3.24 Å². The van der Waals surface area contributed by atoms with E-state index in [0.29, 0.717) is 11.8 Å². The molecule has 0 aliphatic rings. The van der Waals surface area contributed by atoms with Crippen LogP contribution in [0.2, 0.25) is 0 Å². The first kappa shape index (κ1) is 14.6. The van der Waals surface area contributed by atoms with Gasteiger partial charge in [-0.25, -0.2) is 0 Å².